The van der Waals surface area contributed by atoms with Crippen LogP contribution >= 0.6 is 0 Å². The summed E-state index contributed by atoms with van der Waals surface area (Å²) in [5.74, 6) is 0.710. The Kier molecular flexibility index (Phi) is 8.37. The average Bonchev–Trinajstić information content (AvgIpc) is 2.67. The fourth-order valence-electron chi connectivity index (χ4n) is 3.14. The summed E-state index contributed by atoms with van der Waals surface area (Å²) in [4.78, 5) is 26.3. The van der Waals surface area contributed by atoms with Crippen LogP contribution in [0.3, 0.4) is 0 Å². The van der Waals surface area contributed by atoms with Crippen LogP contribution in [0.5, 0.6) is 5.75 Å². The van der Waals surface area contributed by atoms with Crippen molar-refractivity contribution in [2.45, 2.75) is 19.9 Å². The molecule has 1 aliphatic rings. The van der Waals surface area contributed by atoms with Gasteiger partial charge < -0.3 is 25.2 Å². The number of quaternary nitrogens is 2. The van der Waals surface area contributed by atoms with E-state index in [0.717, 1.165) is 44.9 Å². The molecule has 2 amide bonds. The van der Waals surface area contributed by atoms with Gasteiger partial charge in [-0.15, -0.1) is 0 Å². The SMILES string of the molecule is CCCNC(=O)CNC(=O)C[NH+]1CC[NH+](Cc2ccc(OC)cc2)CC1. The molecule has 0 bridgehead atoms. The quantitative estimate of drug-likeness (QED) is 0.395. The van der Waals surface area contributed by atoms with Crippen molar-refractivity contribution >= 4 is 11.8 Å². The summed E-state index contributed by atoms with van der Waals surface area (Å²) < 4.78 is 5.19. The lowest BCUT2D eigenvalue weighted by atomic mass is 10.2. The number of rotatable bonds is 9. The Morgan fingerprint density at radius 3 is 2.27 bits per heavy atom. The molecule has 0 aliphatic carbocycles. The van der Waals surface area contributed by atoms with Gasteiger partial charge in [-0.3, -0.25) is 9.59 Å². The van der Waals surface area contributed by atoms with Gasteiger partial charge in [-0.05, 0) is 30.7 Å². The van der Waals surface area contributed by atoms with E-state index in [2.05, 4.69) is 22.8 Å². The first-order valence-electron chi connectivity index (χ1n) is 9.44. The standard InChI is InChI=1S/C19H30N4O3/c1-3-8-20-18(24)13-21-19(25)15-23-11-9-22(10-12-23)14-16-4-6-17(26-2)7-5-16/h4-7H,3,8-15H2,1-2H3,(H,20,24)(H,21,25)/p+2. The molecule has 144 valence electrons. The van der Waals surface area contributed by atoms with Crippen LogP contribution in [0, 0.1) is 0 Å². The van der Waals surface area contributed by atoms with Gasteiger partial charge in [-0.2, -0.15) is 0 Å². The summed E-state index contributed by atoms with van der Waals surface area (Å²) in [5.41, 5.74) is 1.31. The van der Waals surface area contributed by atoms with Crippen LogP contribution in [-0.2, 0) is 16.1 Å². The molecule has 0 spiro atoms. The first-order valence-corrected chi connectivity index (χ1v) is 9.44. The maximum absolute atomic E-state index is 12.0. The van der Waals surface area contributed by atoms with E-state index in [9.17, 15) is 9.59 Å². The van der Waals surface area contributed by atoms with Gasteiger partial charge in [0.15, 0.2) is 6.54 Å². The molecule has 0 radical (unpaired) electrons. The van der Waals surface area contributed by atoms with Crippen LogP contribution in [-0.4, -0.2) is 64.7 Å². The number of piperazine rings is 1. The van der Waals surface area contributed by atoms with Gasteiger partial charge in [0.25, 0.3) is 5.91 Å². The van der Waals surface area contributed by atoms with Crippen molar-refractivity contribution in [3.05, 3.63) is 29.8 Å². The molecule has 2 rings (SSSR count). The Hall–Kier alpha value is -2.12. The lowest BCUT2D eigenvalue weighted by Crippen LogP contribution is -3.28. The predicted molar refractivity (Wildman–Crippen MR) is 99.3 cm³/mol. The molecule has 26 heavy (non-hydrogen) atoms. The zero-order valence-electron chi connectivity index (χ0n) is 15.9. The molecule has 0 saturated carbocycles. The second-order valence-corrected chi connectivity index (χ2v) is 6.83. The Bertz CT molecular complexity index is 569. The van der Waals surface area contributed by atoms with Crippen molar-refractivity contribution in [1.82, 2.24) is 10.6 Å². The molecule has 0 unspecified atom stereocenters. The number of benzene rings is 1. The Morgan fingerprint density at radius 1 is 1.00 bits per heavy atom. The zero-order chi connectivity index (χ0) is 18.8. The monoisotopic (exact) mass is 364 g/mol. The third kappa shape index (κ3) is 7.01. The number of ether oxygens (including phenoxy) is 1. The van der Waals surface area contributed by atoms with Gasteiger partial charge in [-0.25, -0.2) is 0 Å². The Balaban J connectivity index is 1.64. The van der Waals surface area contributed by atoms with E-state index >= 15 is 0 Å². The van der Waals surface area contributed by atoms with Gasteiger partial charge in [0.1, 0.15) is 38.5 Å². The minimum Gasteiger partial charge on any atom is -0.497 e. The lowest BCUT2D eigenvalue weighted by Gasteiger charge is -2.29. The van der Waals surface area contributed by atoms with E-state index in [1.807, 2.05) is 19.1 Å². The number of nitrogens with one attached hydrogen (secondary N) is 4. The molecule has 4 N–H and O–H groups in total. The molecule has 1 aromatic rings. The minimum absolute atomic E-state index is 0.0507. The molecular formula is C19H32N4O3+2. The van der Waals surface area contributed by atoms with Crippen LogP contribution in [0.15, 0.2) is 24.3 Å². The molecule has 1 aliphatic heterocycles. The lowest BCUT2D eigenvalue weighted by molar-refractivity contribution is -1.02. The highest BCUT2D eigenvalue weighted by Gasteiger charge is 2.24. The number of amides is 2. The van der Waals surface area contributed by atoms with E-state index in [0.29, 0.717) is 13.1 Å². The van der Waals surface area contributed by atoms with E-state index < -0.39 is 0 Å². The first-order chi connectivity index (χ1) is 12.6. The molecule has 7 nitrogen and oxygen atoms in total. The van der Waals surface area contributed by atoms with E-state index in [1.54, 1.807) is 12.0 Å². The molecule has 1 saturated heterocycles. The normalized spacial score (nSPS) is 19.6. The number of hydrogen-bond acceptors (Lipinski definition) is 3. The molecular weight excluding hydrogens is 332 g/mol. The largest absolute Gasteiger partial charge is 0.497 e. The van der Waals surface area contributed by atoms with Gasteiger partial charge in [-0.1, -0.05) is 6.92 Å². The van der Waals surface area contributed by atoms with Crippen LogP contribution < -0.4 is 25.2 Å². The van der Waals surface area contributed by atoms with Crippen molar-refractivity contribution in [1.29, 1.82) is 0 Å². The Morgan fingerprint density at radius 2 is 1.65 bits per heavy atom. The average molecular weight is 364 g/mol. The molecule has 7 heteroatoms. The van der Waals surface area contributed by atoms with E-state index in [4.69, 9.17) is 4.74 Å². The third-order valence-corrected chi connectivity index (χ3v) is 4.71. The molecule has 1 aromatic carbocycles. The van der Waals surface area contributed by atoms with Gasteiger partial charge in [0, 0.05) is 12.1 Å². The van der Waals surface area contributed by atoms with Crippen LogP contribution in [0.2, 0.25) is 0 Å². The minimum atomic E-state index is -0.121. The van der Waals surface area contributed by atoms with Gasteiger partial charge >= 0.3 is 0 Å². The summed E-state index contributed by atoms with van der Waals surface area (Å²) >= 11 is 0. The van der Waals surface area contributed by atoms with Crippen molar-refractivity contribution < 1.29 is 24.1 Å². The highest BCUT2D eigenvalue weighted by atomic mass is 16.5. The Labute approximate surface area is 155 Å². The highest BCUT2D eigenvalue weighted by Crippen LogP contribution is 2.10. The summed E-state index contributed by atoms with van der Waals surface area (Å²) in [7, 11) is 1.68. The van der Waals surface area contributed by atoms with E-state index in [-0.39, 0.29) is 18.4 Å². The highest BCUT2D eigenvalue weighted by molar-refractivity contribution is 5.84. The third-order valence-electron chi connectivity index (χ3n) is 4.71. The zero-order valence-corrected chi connectivity index (χ0v) is 15.9. The topological polar surface area (TPSA) is 76.3 Å². The second kappa shape index (κ2) is 10.8. The summed E-state index contributed by atoms with van der Waals surface area (Å²) in [6.07, 6.45) is 0.896. The molecule has 0 atom stereocenters. The first kappa shape index (κ1) is 20.2. The van der Waals surface area contributed by atoms with E-state index in [1.165, 1.54) is 10.5 Å². The fraction of sp³-hybridized carbons (Fsp3) is 0.579. The van der Waals surface area contributed by atoms with Crippen molar-refractivity contribution in [3.63, 3.8) is 0 Å². The van der Waals surface area contributed by atoms with Gasteiger partial charge in [0.05, 0.1) is 13.7 Å². The van der Waals surface area contributed by atoms with Crippen LogP contribution in [0.25, 0.3) is 0 Å². The van der Waals surface area contributed by atoms with Gasteiger partial charge in [0.2, 0.25) is 5.91 Å². The maximum atomic E-state index is 12.0. The van der Waals surface area contributed by atoms with Crippen molar-refractivity contribution in [2.75, 3.05) is 52.9 Å². The molecule has 1 heterocycles. The molecule has 1 fully saturated rings. The number of methoxy groups -OCH3 is 1. The summed E-state index contributed by atoms with van der Waals surface area (Å²) in [5, 5.41) is 5.47. The van der Waals surface area contributed by atoms with Crippen molar-refractivity contribution in [3.8, 4) is 5.75 Å². The van der Waals surface area contributed by atoms with Crippen LogP contribution in [0.1, 0.15) is 18.9 Å². The predicted octanol–water partition coefficient (Wildman–Crippen LogP) is -2.38. The smallest absolute Gasteiger partial charge is 0.275 e. The number of carbonyl (C=O) groups excluding carboxylic acids is 2. The summed E-state index contributed by atoms with van der Waals surface area (Å²) in [6.45, 7) is 8.20. The van der Waals surface area contributed by atoms with Crippen molar-refractivity contribution in [2.24, 2.45) is 0 Å². The number of carbonyl (C=O) groups is 2. The van der Waals surface area contributed by atoms with Crippen LogP contribution in [0.4, 0.5) is 0 Å². The second-order valence-electron chi connectivity index (χ2n) is 6.83. The summed E-state index contributed by atoms with van der Waals surface area (Å²) in [6, 6.07) is 8.22. The maximum Gasteiger partial charge on any atom is 0.275 e. The number of hydrogen-bond donors (Lipinski definition) is 4. The molecule has 0 aromatic heterocycles. The fourth-order valence-corrected chi connectivity index (χ4v) is 3.14.